The second-order valence-corrected chi connectivity index (χ2v) is 8.87. The first-order valence-corrected chi connectivity index (χ1v) is 10.5. The van der Waals surface area contributed by atoms with Gasteiger partial charge in [0, 0.05) is 6.54 Å². The van der Waals surface area contributed by atoms with E-state index < -0.39 is 10.0 Å². The molecule has 1 atom stereocenters. The summed E-state index contributed by atoms with van der Waals surface area (Å²) in [6.07, 6.45) is 1.51. The fourth-order valence-corrected chi connectivity index (χ4v) is 5.86. The number of halogens is 2. The standard InChI is InChI=1S/C18H17Cl2NO4S/c19-13-3-1-5-17(18(13)20)26(22,23)21-8-2-4-14(21)12-6-7-15-16(11-12)25-10-9-24-15/h1,3,5-7,11,14H,2,4,8-10H2. The average Bonchev–Trinajstić information content (AvgIpc) is 3.14. The average molecular weight is 414 g/mol. The van der Waals surface area contributed by atoms with E-state index in [0.29, 0.717) is 31.3 Å². The van der Waals surface area contributed by atoms with Crippen molar-refractivity contribution < 1.29 is 17.9 Å². The highest BCUT2D eigenvalue weighted by atomic mass is 35.5. The molecule has 0 radical (unpaired) electrons. The molecule has 2 aromatic carbocycles. The van der Waals surface area contributed by atoms with Crippen molar-refractivity contribution in [2.45, 2.75) is 23.8 Å². The lowest BCUT2D eigenvalue weighted by molar-refractivity contribution is 0.171. The summed E-state index contributed by atoms with van der Waals surface area (Å²) in [5.41, 5.74) is 0.883. The van der Waals surface area contributed by atoms with Crippen LogP contribution in [0.5, 0.6) is 11.5 Å². The van der Waals surface area contributed by atoms with Crippen LogP contribution in [0.2, 0.25) is 10.0 Å². The summed E-state index contributed by atoms with van der Waals surface area (Å²) in [6, 6.07) is 9.98. The van der Waals surface area contributed by atoms with E-state index in [1.165, 1.54) is 10.4 Å². The largest absolute Gasteiger partial charge is 0.486 e. The fourth-order valence-electron chi connectivity index (χ4n) is 3.44. The van der Waals surface area contributed by atoms with Crippen LogP contribution in [0.15, 0.2) is 41.3 Å². The fraction of sp³-hybridized carbons (Fsp3) is 0.333. The molecule has 0 saturated carbocycles. The highest BCUT2D eigenvalue weighted by molar-refractivity contribution is 7.89. The summed E-state index contributed by atoms with van der Waals surface area (Å²) in [7, 11) is -3.77. The SMILES string of the molecule is O=S(=O)(c1cccc(Cl)c1Cl)N1CCCC1c1ccc2c(c1)OCCO2. The summed E-state index contributed by atoms with van der Waals surface area (Å²) in [4.78, 5) is 0.0381. The summed E-state index contributed by atoms with van der Waals surface area (Å²) < 4.78 is 39.1. The van der Waals surface area contributed by atoms with Gasteiger partial charge in [0.1, 0.15) is 18.1 Å². The minimum Gasteiger partial charge on any atom is -0.486 e. The van der Waals surface area contributed by atoms with Crippen molar-refractivity contribution in [2.24, 2.45) is 0 Å². The normalized spacial score (nSPS) is 20.3. The third-order valence-electron chi connectivity index (χ3n) is 4.66. The maximum atomic E-state index is 13.2. The number of rotatable bonds is 3. The van der Waals surface area contributed by atoms with E-state index >= 15 is 0 Å². The van der Waals surface area contributed by atoms with Crippen LogP contribution in [0.4, 0.5) is 0 Å². The van der Waals surface area contributed by atoms with Crippen LogP contribution in [0, 0.1) is 0 Å². The lowest BCUT2D eigenvalue weighted by atomic mass is 10.0. The lowest BCUT2D eigenvalue weighted by Gasteiger charge is -2.26. The Morgan fingerprint density at radius 3 is 2.62 bits per heavy atom. The molecule has 2 aliphatic rings. The zero-order valence-electron chi connectivity index (χ0n) is 13.8. The molecule has 2 aromatic rings. The molecule has 0 aromatic heterocycles. The molecule has 2 aliphatic heterocycles. The number of nitrogens with zero attached hydrogens (tertiary/aromatic N) is 1. The molecule has 5 nitrogen and oxygen atoms in total. The van der Waals surface area contributed by atoms with Gasteiger partial charge in [-0.15, -0.1) is 0 Å². The number of ether oxygens (including phenoxy) is 2. The maximum Gasteiger partial charge on any atom is 0.245 e. The second kappa shape index (κ2) is 6.93. The van der Waals surface area contributed by atoms with Crippen molar-refractivity contribution in [2.75, 3.05) is 19.8 Å². The van der Waals surface area contributed by atoms with E-state index in [1.54, 1.807) is 12.1 Å². The predicted octanol–water partition coefficient (Wildman–Crippen LogP) is 4.29. The zero-order valence-corrected chi connectivity index (χ0v) is 16.1. The van der Waals surface area contributed by atoms with Crippen LogP contribution in [-0.4, -0.2) is 32.5 Å². The minimum atomic E-state index is -3.77. The summed E-state index contributed by atoms with van der Waals surface area (Å²) >= 11 is 12.2. The Morgan fingerprint density at radius 1 is 1.04 bits per heavy atom. The molecule has 4 rings (SSSR count). The minimum absolute atomic E-state index is 0.0381. The molecule has 0 N–H and O–H groups in total. The molecule has 2 heterocycles. The molecule has 1 fully saturated rings. The van der Waals surface area contributed by atoms with Gasteiger partial charge in [-0.3, -0.25) is 0 Å². The topological polar surface area (TPSA) is 55.8 Å². The van der Waals surface area contributed by atoms with Gasteiger partial charge in [0.15, 0.2) is 11.5 Å². The first kappa shape index (κ1) is 17.9. The monoisotopic (exact) mass is 413 g/mol. The van der Waals surface area contributed by atoms with Crippen molar-refractivity contribution >= 4 is 33.2 Å². The van der Waals surface area contributed by atoms with Gasteiger partial charge in [0.05, 0.1) is 16.1 Å². The third-order valence-corrected chi connectivity index (χ3v) is 7.54. The Labute approximate surface area is 162 Å². The number of sulfonamides is 1. The van der Waals surface area contributed by atoms with Crippen LogP contribution in [0.25, 0.3) is 0 Å². The Balaban J connectivity index is 1.71. The molecule has 1 saturated heterocycles. The van der Waals surface area contributed by atoms with Crippen LogP contribution in [0.3, 0.4) is 0 Å². The van der Waals surface area contributed by atoms with Gasteiger partial charge in [-0.2, -0.15) is 4.31 Å². The predicted molar refractivity (Wildman–Crippen MR) is 99.8 cm³/mol. The van der Waals surface area contributed by atoms with Crippen LogP contribution >= 0.6 is 23.2 Å². The van der Waals surface area contributed by atoms with Gasteiger partial charge in [-0.25, -0.2) is 8.42 Å². The maximum absolute atomic E-state index is 13.2. The van der Waals surface area contributed by atoms with Gasteiger partial charge in [-0.1, -0.05) is 35.3 Å². The van der Waals surface area contributed by atoms with Crippen LogP contribution < -0.4 is 9.47 Å². The quantitative estimate of drug-likeness (QED) is 0.752. The van der Waals surface area contributed by atoms with Crippen molar-refractivity contribution in [3.8, 4) is 11.5 Å². The zero-order chi connectivity index (χ0) is 18.3. The van der Waals surface area contributed by atoms with E-state index in [-0.39, 0.29) is 21.0 Å². The van der Waals surface area contributed by atoms with E-state index in [4.69, 9.17) is 32.7 Å². The third kappa shape index (κ3) is 3.05. The number of hydrogen-bond donors (Lipinski definition) is 0. The van der Waals surface area contributed by atoms with E-state index in [9.17, 15) is 8.42 Å². The van der Waals surface area contributed by atoms with Gasteiger partial charge in [-0.05, 0) is 42.7 Å². The summed E-state index contributed by atoms with van der Waals surface area (Å²) in [5, 5.41) is 0.282. The lowest BCUT2D eigenvalue weighted by Crippen LogP contribution is -2.31. The molecular formula is C18H17Cl2NO4S. The Morgan fingerprint density at radius 2 is 1.81 bits per heavy atom. The molecular weight excluding hydrogens is 397 g/mol. The first-order chi connectivity index (χ1) is 12.5. The van der Waals surface area contributed by atoms with E-state index in [2.05, 4.69) is 0 Å². The van der Waals surface area contributed by atoms with Gasteiger partial charge in [0.2, 0.25) is 10.0 Å². The molecule has 0 amide bonds. The molecule has 138 valence electrons. The van der Waals surface area contributed by atoms with E-state index in [0.717, 1.165) is 18.4 Å². The van der Waals surface area contributed by atoms with Gasteiger partial charge in [0.25, 0.3) is 0 Å². The highest BCUT2D eigenvalue weighted by Crippen LogP contribution is 2.42. The molecule has 0 aliphatic carbocycles. The Kier molecular flexibility index (Phi) is 4.77. The second-order valence-electron chi connectivity index (χ2n) is 6.23. The van der Waals surface area contributed by atoms with Crippen molar-refractivity contribution in [1.82, 2.24) is 4.31 Å². The Hall–Kier alpha value is -1.47. The van der Waals surface area contributed by atoms with Crippen molar-refractivity contribution in [3.05, 3.63) is 52.0 Å². The van der Waals surface area contributed by atoms with Crippen LogP contribution in [-0.2, 0) is 10.0 Å². The smallest absolute Gasteiger partial charge is 0.245 e. The van der Waals surface area contributed by atoms with Gasteiger partial charge < -0.3 is 9.47 Å². The molecule has 0 bridgehead atoms. The van der Waals surface area contributed by atoms with Crippen molar-refractivity contribution in [3.63, 3.8) is 0 Å². The van der Waals surface area contributed by atoms with Crippen LogP contribution in [0.1, 0.15) is 24.4 Å². The number of fused-ring (bicyclic) bond motifs is 1. The summed E-state index contributed by atoms with van der Waals surface area (Å²) in [6.45, 7) is 1.44. The summed E-state index contributed by atoms with van der Waals surface area (Å²) in [5.74, 6) is 1.34. The molecule has 1 unspecified atom stereocenters. The van der Waals surface area contributed by atoms with E-state index in [1.807, 2.05) is 18.2 Å². The Bertz CT molecular complexity index is 948. The highest BCUT2D eigenvalue weighted by Gasteiger charge is 2.38. The van der Waals surface area contributed by atoms with Gasteiger partial charge >= 0.3 is 0 Å². The number of hydrogen-bond acceptors (Lipinski definition) is 4. The van der Waals surface area contributed by atoms with Crippen molar-refractivity contribution in [1.29, 1.82) is 0 Å². The molecule has 8 heteroatoms. The molecule has 26 heavy (non-hydrogen) atoms. The number of benzene rings is 2. The molecule has 0 spiro atoms. The first-order valence-electron chi connectivity index (χ1n) is 8.34.